The highest BCUT2D eigenvalue weighted by Crippen LogP contribution is 2.26. The molecule has 1 atom stereocenters. The van der Waals surface area contributed by atoms with Gasteiger partial charge in [-0.3, -0.25) is 4.98 Å². The van der Waals surface area contributed by atoms with Crippen molar-refractivity contribution in [2.24, 2.45) is 0 Å². The molecule has 0 bridgehead atoms. The van der Waals surface area contributed by atoms with Crippen LogP contribution in [0.3, 0.4) is 0 Å². The molecular weight excluding hydrogens is 306 g/mol. The Hall–Kier alpha value is -1.39. The summed E-state index contributed by atoms with van der Waals surface area (Å²) in [5, 5.41) is 10.3. The Bertz CT molecular complexity index is 572. The molecule has 0 spiro atoms. The van der Waals surface area contributed by atoms with E-state index in [1.165, 1.54) is 0 Å². The van der Waals surface area contributed by atoms with E-state index in [9.17, 15) is 5.11 Å². The van der Waals surface area contributed by atoms with E-state index in [0.717, 1.165) is 26.9 Å². The molecule has 1 heterocycles. The smallest absolute Gasteiger partial charge is 0.122 e. The monoisotopic (exact) mass is 321 g/mol. The molecular formula is C15H16BrNO2. The van der Waals surface area contributed by atoms with Gasteiger partial charge in [0, 0.05) is 28.9 Å². The Kier molecular flexibility index (Phi) is 4.56. The predicted molar refractivity (Wildman–Crippen MR) is 78.3 cm³/mol. The van der Waals surface area contributed by atoms with Gasteiger partial charge in [0.15, 0.2) is 0 Å². The number of aryl methyl sites for hydroxylation is 1. The van der Waals surface area contributed by atoms with E-state index in [1.54, 1.807) is 19.5 Å². The van der Waals surface area contributed by atoms with Gasteiger partial charge in [-0.05, 0) is 40.5 Å². The van der Waals surface area contributed by atoms with Crippen molar-refractivity contribution in [2.75, 3.05) is 7.11 Å². The SMILES string of the molecule is COc1ccc(C)cc1CC(O)c1cncc(Br)c1. The zero-order valence-electron chi connectivity index (χ0n) is 10.9. The second-order valence-electron chi connectivity index (χ2n) is 4.47. The van der Waals surface area contributed by atoms with E-state index in [2.05, 4.69) is 20.9 Å². The molecule has 0 aliphatic rings. The van der Waals surface area contributed by atoms with Crippen LogP contribution in [0.25, 0.3) is 0 Å². The largest absolute Gasteiger partial charge is 0.496 e. The number of hydrogen-bond donors (Lipinski definition) is 1. The minimum atomic E-state index is -0.597. The number of methoxy groups -OCH3 is 1. The van der Waals surface area contributed by atoms with Crippen molar-refractivity contribution in [2.45, 2.75) is 19.4 Å². The number of aliphatic hydroxyl groups is 1. The van der Waals surface area contributed by atoms with Gasteiger partial charge < -0.3 is 9.84 Å². The van der Waals surface area contributed by atoms with Gasteiger partial charge in [0.05, 0.1) is 13.2 Å². The van der Waals surface area contributed by atoms with Crippen LogP contribution in [0.1, 0.15) is 22.8 Å². The lowest BCUT2D eigenvalue weighted by Crippen LogP contribution is -2.04. The second-order valence-corrected chi connectivity index (χ2v) is 5.39. The molecule has 100 valence electrons. The van der Waals surface area contributed by atoms with E-state index >= 15 is 0 Å². The summed E-state index contributed by atoms with van der Waals surface area (Å²) in [7, 11) is 1.64. The first-order valence-electron chi connectivity index (χ1n) is 6.02. The minimum absolute atomic E-state index is 0.503. The highest BCUT2D eigenvalue weighted by atomic mass is 79.9. The summed E-state index contributed by atoms with van der Waals surface area (Å²) in [6.07, 6.45) is 3.28. The maximum Gasteiger partial charge on any atom is 0.122 e. The zero-order valence-corrected chi connectivity index (χ0v) is 12.5. The summed E-state index contributed by atoms with van der Waals surface area (Å²) < 4.78 is 6.19. The van der Waals surface area contributed by atoms with Gasteiger partial charge in [-0.15, -0.1) is 0 Å². The van der Waals surface area contributed by atoms with Crippen molar-refractivity contribution in [3.63, 3.8) is 0 Å². The summed E-state index contributed by atoms with van der Waals surface area (Å²) in [5.74, 6) is 0.799. The van der Waals surface area contributed by atoms with Crippen molar-refractivity contribution in [3.8, 4) is 5.75 Å². The maximum absolute atomic E-state index is 10.3. The standard InChI is InChI=1S/C15H16BrNO2/c1-10-3-4-15(19-2)11(5-10)7-14(18)12-6-13(16)9-17-8-12/h3-6,8-9,14,18H,7H2,1-2H3. The van der Waals surface area contributed by atoms with Crippen molar-refractivity contribution in [3.05, 3.63) is 57.8 Å². The second kappa shape index (κ2) is 6.17. The van der Waals surface area contributed by atoms with Crippen molar-refractivity contribution < 1.29 is 9.84 Å². The third-order valence-electron chi connectivity index (χ3n) is 2.96. The van der Waals surface area contributed by atoms with Gasteiger partial charge in [-0.25, -0.2) is 0 Å². The zero-order chi connectivity index (χ0) is 13.8. The highest BCUT2D eigenvalue weighted by Gasteiger charge is 2.13. The van der Waals surface area contributed by atoms with E-state index in [4.69, 9.17) is 4.74 Å². The summed E-state index contributed by atoms with van der Waals surface area (Å²) in [6.45, 7) is 2.02. The van der Waals surface area contributed by atoms with Gasteiger partial charge in [-0.1, -0.05) is 17.7 Å². The summed E-state index contributed by atoms with van der Waals surface area (Å²) in [6, 6.07) is 7.83. The topological polar surface area (TPSA) is 42.4 Å². The van der Waals surface area contributed by atoms with Gasteiger partial charge in [0.25, 0.3) is 0 Å². The lowest BCUT2D eigenvalue weighted by molar-refractivity contribution is 0.176. The lowest BCUT2D eigenvalue weighted by atomic mass is 10.0. The molecule has 0 saturated carbocycles. The average Bonchev–Trinajstić information content (AvgIpc) is 2.39. The molecule has 1 aromatic heterocycles. The molecule has 0 aliphatic heterocycles. The van der Waals surface area contributed by atoms with Gasteiger partial charge >= 0.3 is 0 Å². The van der Waals surface area contributed by atoms with Crippen LogP contribution in [0.4, 0.5) is 0 Å². The molecule has 0 saturated heterocycles. The fraction of sp³-hybridized carbons (Fsp3) is 0.267. The van der Waals surface area contributed by atoms with E-state index < -0.39 is 6.10 Å². The summed E-state index contributed by atoms with van der Waals surface area (Å²) in [4.78, 5) is 4.07. The number of ether oxygens (including phenoxy) is 1. The normalized spacial score (nSPS) is 12.2. The number of pyridine rings is 1. The maximum atomic E-state index is 10.3. The number of benzene rings is 1. The molecule has 2 rings (SSSR count). The third-order valence-corrected chi connectivity index (χ3v) is 3.39. The fourth-order valence-corrected chi connectivity index (χ4v) is 2.39. The van der Waals surface area contributed by atoms with Crippen LogP contribution in [-0.4, -0.2) is 17.2 Å². The number of halogens is 1. The van der Waals surface area contributed by atoms with Crippen molar-refractivity contribution in [1.29, 1.82) is 0 Å². The number of aliphatic hydroxyl groups excluding tert-OH is 1. The Morgan fingerprint density at radius 3 is 2.79 bits per heavy atom. The first-order valence-corrected chi connectivity index (χ1v) is 6.81. The summed E-state index contributed by atoms with van der Waals surface area (Å²) in [5.41, 5.74) is 2.93. The van der Waals surface area contributed by atoms with E-state index in [-0.39, 0.29) is 0 Å². The predicted octanol–water partition coefficient (Wildman–Crippen LogP) is 3.44. The number of aromatic nitrogens is 1. The van der Waals surface area contributed by atoms with Crippen LogP contribution in [0.5, 0.6) is 5.75 Å². The van der Waals surface area contributed by atoms with Crippen LogP contribution in [0.2, 0.25) is 0 Å². The van der Waals surface area contributed by atoms with Crippen LogP contribution >= 0.6 is 15.9 Å². The Morgan fingerprint density at radius 1 is 1.32 bits per heavy atom. The first-order chi connectivity index (χ1) is 9.10. The first kappa shape index (κ1) is 14.0. The van der Waals surface area contributed by atoms with Gasteiger partial charge in [-0.2, -0.15) is 0 Å². The molecule has 0 amide bonds. The molecule has 1 N–H and O–H groups in total. The molecule has 0 radical (unpaired) electrons. The molecule has 2 aromatic rings. The minimum Gasteiger partial charge on any atom is -0.496 e. The lowest BCUT2D eigenvalue weighted by Gasteiger charge is -2.14. The van der Waals surface area contributed by atoms with Crippen molar-refractivity contribution in [1.82, 2.24) is 4.98 Å². The number of hydrogen-bond acceptors (Lipinski definition) is 3. The third kappa shape index (κ3) is 3.55. The van der Waals surface area contributed by atoms with Crippen LogP contribution in [0.15, 0.2) is 41.1 Å². The molecule has 19 heavy (non-hydrogen) atoms. The fourth-order valence-electron chi connectivity index (χ4n) is 2.00. The Morgan fingerprint density at radius 2 is 2.11 bits per heavy atom. The molecule has 3 nitrogen and oxygen atoms in total. The summed E-state index contributed by atoms with van der Waals surface area (Å²) >= 11 is 3.36. The Labute approximate surface area is 121 Å². The highest BCUT2D eigenvalue weighted by molar-refractivity contribution is 9.10. The van der Waals surface area contributed by atoms with Gasteiger partial charge in [0.1, 0.15) is 5.75 Å². The van der Waals surface area contributed by atoms with E-state index in [0.29, 0.717) is 6.42 Å². The van der Waals surface area contributed by atoms with E-state index in [1.807, 2.05) is 31.2 Å². The molecule has 1 unspecified atom stereocenters. The van der Waals surface area contributed by atoms with Crippen LogP contribution in [-0.2, 0) is 6.42 Å². The molecule has 1 aromatic carbocycles. The molecule has 0 aliphatic carbocycles. The number of rotatable bonds is 4. The average molecular weight is 322 g/mol. The Balaban J connectivity index is 2.23. The molecule has 0 fully saturated rings. The van der Waals surface area contributed by atoms with Crippen molar-refractivity contribution >= 4 is 15.9 Å². The van der Waals surface area contributed by atoms with Gasteiger partial charge in [0.2, 0.25) is 0 Å². The molecule has 4 heteroatoms. The van der Waals surface area contributed by atoms with Crippen LogP contribution in [0, 0.1) is 6.92 Å². The van der Waals surface area contributed by atoms with Crippen LogP contribution < -0.4 is 4.74 Å². The number of nitrogens with zero attached hydrogens (tertiary/aromatic N) is 1. The quantitative estimate of drug-likeness (QED) is 0.938.